The normalized spacial score (nSPS) is 34.6. The summed E-state index contributed by atoms with van der Waals surface area (Å²) < 4.78 is 22.6. The van der Waals surface area contributed by atoms with E-state index < -0.39 is 76.7 Å². The Morgan fingerprint density at radius 1 is 0.868 bits per heavy atom. The molecule has 1 saturated carbocycles. The molecule has 0 spiro atoms. The van der Waals surface area contributed by atoms with Gasteiger partial charge in [0.25, 0.3) is 0 Å². The van der Waals surface area contributed by atoms with Crippen molar-refractivity contribution in [2.24, 2.45) is 17.3 Å². The molecule has 0 saturated heterocycles. The largest absolute Gasteiger partial charge is 0.458 e. The summed E-state index contributed by atoms with van der Waals surface area (Å²) in [4.78, 5) is 76.4. The summed E-state index contributed by atoms with van der Waals surface area (Å²) in [5, 5.41) is 0. The van der Waals surface area contributed by atoms with Crippen LogP contribution in [0, 0.1) is 17.3 Å². The lowest BCUT2D eigenvalue weighted by Crippen LogP contribution is -2.56. The van der Waals surface area contributed by atoms with Crippen LogP contribution in [0.4, 0.5) is 0 Å². The molecule has 10 heteroatoms. The highest BCUT2D eigenvalue weighted by molar-refractivity contribution is 5.97. The van der Waals surface area contributed by atoms with Crippen molar-refractivity contribution in [2.75, 3.05) is 0 Å². The van der Waals surface area contributed by atoms with Gasteiger partial charge in [-0.25, -0.2) is 0 Å². The minimum Gasteiger partial charge on any atom is -0.458 e. The van der Waals surface area contributed by atoms with Crippen LogP contribution in [0.5, 0.6) is 0 Å². The van der Waals surface area contributed by atoms with Crippen molar-refractivity contribution in [1.82, 2.24) is 0 Å². The fourth-order valence-corrected chi connectivity index (χ4v) is 5.22. The number of carbonyl (C=O) groups excluding carboxylic acids is 6. The Bertz CT molecular complexity index is 1110. The lowest BCUT2D eigenvalue weighted by Gasteiger charge is -2.40. The van der Waals surface area contributed by atoms with E-state index in [4.69, 9.17) is 18.9 Å². The van der Waals surface area contributed by atoms with Crippen LogP contribution in [-0.2, 0) is 47.7 Å². The number of hydrogen-bond donors (Lipinski definition) is 0. The zero-order valence-electron chi connectivity index (χ0n) is 23.1. The molecule has 6 atom stereocenters. The number of esters is 4. The Balaban J connectivity index is 3.01. The molecule has 0 bridgehead atoms. The SMILES string of the molecule is C=C1/C=C\C(=O)C(C)(C)/C=C/[C@@H](C)C(=O)[C@@]2(OC(C)=O)C[C@@](C)(OC(C)=O)[C@H](OC(C)=O)[C@@H]2[C@H]1OC(C)=O. The number of allylic oxidation sites excluding steroid dienone is 3. The fraction of sp³-hybridized carbons (Fsp3) is 0.571. The molecule has 0 radical (unpaired) electrons. The Morgan fingerprint density at radius 2 is 1.42 bits per heavy atom. The first-order chi connectivity index (χ1) is 17.4. The first-order valence-electron chi connectivity index (χ1n) is 12.2. The van der Waals surface area contributed by atoms with Gasteiger partial charge in [0, 0.05) is 45.4 Å². The summed E-state index contributed by atoms with van der Waals surface area (Å²) in [6.07, 6.45) is 2.49. The van der Waals surface area contributed by atoms with Crippen LogP contribution in [0.3, 0.4) is 0 Å². The minimum atomic E-state index is -2.08. The summed E-state index contributed by atoms with van der Waals surface area (Å²) in [6.45, 7) is 14.8. The number of carbonyl (C=O) groups is 6. The number of Topliss-reactive ketones (excluding diaryl/α,β-unsaturated/α-hetero) is 1. The van der Waals surface area contributed by atoms with Crippen molar-refractivity contribution >= 4 is 35.4 Å². The van der Waals surface area contributed by atoms with Crippen molar-refractivity contribution < 1.29 is 47.7 Å². The minimum absolute atomic E-state index is 0.0695. The van der Waals surface area contributed by atoms with Gasteiger partial charge in [-0.1, -0.05) is 31.7 Å². The summed E-state index contributed by atoms with van der Waals surface area (Å²) in [5.74, 6) is -6.37. The molecule has 0 unspecified atom stereocenters. The van der Waals surface area contributed by atoms with E-state index in [0.29, 0.717) is 0 Å². The van der Waals surface area contributed by atoms with Crippen molar-refractivity contribution in [3.8, 4) is 0 Å². The lowest BCUT2D eigenvalue weighted by atomic mass is 9.74. The number of fused-ring (bicyclic) bond motifs is 1. The third-order valence-corrected chi connectivity index (χ3v) is 6.78. The van der Waals surface area contributed by atoms with Gasteiger partial charge in [0.2, 0.25) is 0 Å². The maximum atomic E-state index is 14.3. The highest BCUT2D eigenvalue weighted by atomic mass is 16.6. The lowest BCUT2D eigenvalue weighted by molar-refractivity contribution is -0.188. The van der Waals surface area contributed by atoms with Crippen LogP contribution < -0.4 is 0 Å². The highest BCUT2D eigenvalue weighted by Gasteiger charge is 2.71. The van der Waals surface area contributed by atoms with E-state index in [1.807, 2.05) is 0 Å². The van der Waals surface area contributed by atoms with Crippen molar-refractivity contribution in [2.45, 2.75) is 85.2 Å². The van der Waals surface area contributed by atoms with Crippen molar-refractivity contribution in [3.05, 3.63) is 36.5 Å². The van der Waals surface area contributed by atoms with Gasteiger partial charge in [-0.3, -0.25) is 28.8 Å². The molecule has 2 aliphatic carbocycles. The molecule has 0 heterocycles. The third-order valence-electron chi connectivity index (χ3n) is 6.78. The number of hydrogen-bond acceptors (Lipinski definition) is 10. The molecular formula is C28H36O10. The van der Waals surface area contributed by atoms with Crippen LogP contribution >= 0.6 is 0 Å². The Morgan fingerprint density at radius 3 is 1.92 bits per heavy atom. The number of rotatable bonds is 4. The van der Waals surface area contributed by atoms with E-state index in [9.17, 15) is 28.8 Å². The van der Waals surface area contributed by atoms with E-state index in [2.05, 4.69) is 6.58 Å². The molecular weight excluding hydrogens is 496 g/mol. The monoisotopic (exact) mass is 532 g/mol. The van der Waals surface area contributed by atoms with E-state index in [1.54, 1.807) is 26.8 Å². The molecule has 0 aromatic carbocycles. The average molecular weight is 533 g/mol. The zero-order chi connectivity index (χ0) is 29.2. The average Bonchev–Trinajstić information content (AvgIpc) is 2.98. The van der Waals surface area contributed by atoms with Crippen LogP contribution in [0.15, 0.2) is 36.5 Å². The summed E-state index contributed by atoms with van der Waals surface area (Å²) >= 11 is 0. The van der Waals surface area contributed by atoms with Crippen LogP contribution in [0.1, 0.15) is 61.8 Å². The Labute approximate surface area is 222 Å². The smallest absolute Gasteiger partial charge is 0.303 e. The summed E-state index contributed by atoms with van der Waals surface area (Å²) in [7, 11) is 0. The summed E-state index contributed by atoms with van der Waals surface area (Å²) in [5.41, 5.74) is -4.68. The van der Waals surface area contributed by atoms with Gasteiger partial charge in [0.05, 0.1) is 5.92 Å². The van der Waals surface area contributed by atoms with Gasteiger partial charge in [-0.2, -0.15) is 0 Å². The van der Waals surface area contributed by atoms with Crippen LogP contribution in [0.25, 0.3) is 0 Å². The first-order valence-corrected chi connectivity index (χ1v) is 12.2. The van der Waals surface area contributed by atoms with Gasteiger partial charge in [0.1, 0.15) is 6.10 Å². The molecule has 2 aliphatic rings. The van der Waals surface area contributed by atoms with E-state index in [0.717, 1.165) is 27.7 Å². The summed E-state index contributed by atoms with van der Waals surface area (Å²) in [6, 6.07) is 0. The molecule has 1 fully saturated rings. The molecule has 0 N–H and O–H groups in total. The third kappa shape index (κ3) is 6.28. The molecule has 208 valence electrons. The second-order valence-corrected chi connectivity index (χ2v) is 10.7. The molecule has 0 aromatic rings. The maximum Gasteiger partial charge on any atom is 0.303 e. The molecule has 0 aromatic heterocycles. The predicted octanol–water partition coefficient (Wildman–Crippen LogP) is 2.98. The number of ketones is 2. The highest BCUT2D eigenvalue weighted by Crippen LogP contribution is 2.53. The van der Waals surface area contributed by atoms with Gasteiger partial charge in [-0.05, 0) is 32.4 Å². The van der Waals surface area contributed by atoms with E-state index >= 15 is 0 Å². The van der Waals surface area contributed by atoms with Crippen molar-refractivity contribution in [3.63, 3.8) is 0 Å². The second kappa shape index (κ2) is 11.0. The van der Waals surface area contributed by atoms with Crippen LogP contribution in [-0.4, -0.2) is 58.9 Å². The standard InChI is InChI=1S/C28H36O10/c1-15-10-11-21(33)26(7,8)13-12-16(2)24(34)28(38-20(6)32)14-27(9,37-19(5)31)25(36-18(4)30)22(28)23(15)35-17(3)29/h10-13,16,22-23,25H,1,14H2,2-9H3/b11-10-,13-12+/t16-,22+,23+,25-,27-,28-/m1/s1. The van der Waals surface area contributed by atoms with E-state index in [1.165, 1.54) is 25.2 Å². The fourth-order valence-electron chi connectivity index (χ4n) is 5.22. The van der Waals surface area contributed by atoms with Gasteiger partial charge < -0.3 is 18.9 Å². The van der Waals surface area contributed by atoms with E-state index in [-0.39, 0.29) is 11.4 Å². The van der Waals surface area contributed by atoms with Crippen LogP contribution in [0.2, 0.25) is 0 Å². The maximum absolute atomic E-state index is 14.3. The van der Waals surface area contributed by atoms with Crippen molar-refractivity contribution in [1.29, 1.82) is 0 Å². The quantitative estimate of drug-likeness (QED) is 0.301. The predicted molar refractivity (Wildman–Crippen MR) is 134 cm³/mol. The number of ether oxygens (including phenoxy) is 4. The molecule has 0 amide bonds. The Kier molecular flexibility index (Phi) is 8.91. The molecule has 0 aliphatic heterocycles. The first kappa shape index (κ1) is 30.7. The van der Waals surface area contributed by atoms with Gasteiger partial charge >= 0.3 is 23.9 Å². The van der Waals surface area contributed by atoms with Gasteiger partial charge in [-0.15, -0.1) is 0 Å². The Hall–Kier alpha value is -3.56. The van der Waals surface area contributed by atoms with Gasteiger partial charge in [0.15, 0.2) is 28.9 Å². The second-order valence-electron chi connectivity index (χ2n) is 10.7. The zero-order valence-corrected chi connectivity index (χ0v) is 23.1. The molecule has 2 rings (SSSR count). The topological polar surface area (TPSA) is 139 Å². The molecule has 10 nitrogen and oxygen atoms in total. The molecule has 38 heavy (non-hydrogen) atoms.